The smallest absolute Gasteiger partial charge is 0.412 e. The van der Waals surface area contributed by atoms with Gasteiger partial charge in [-0.15, -0.1) is 0 Å². The molecule has 0 saturated heterocycles. The summed E-state index contributed by atoms with van der Waals surface area (Å²) in [4.78, 5) is 24.8. The summed E-state index contributed by atoms with van der Waals surface area (Å²) in [5.74, 6) is 0. The first kappa shape index (κ1) is 88.7. The minimum Gasteiger partial charge on any atom is -0.412 e. The van der Waals surface area contributed by atoms with E-state index >= 15 is 0 Å². The Morgan fingerprint density at radius 1 is 0.421 bits per heavy atom. The molecule has 0 fully saturated rings. The van der Waals surface area contributed by atoms with Gasteiger partial charge in [0.15, 0.2) is 0 Å². The summed E-state index contributed by atoms with van der Waals surface area (Å²) in [6.07, 6.45) is 0. The Kier molecular flexibility index (Phi) is 343. The van der Waals surface area contributed by atoms with Crippen LogP contribution in [-0.4, -0.2) is 48.1 Å². The van der Waals surface area contributed by atoms with Crippen molar-refractivity contribution in [2.24, 2.45) is 0 Å². The third-order valence-electron chi connectivity index (χ3n) is 0. The average Bonchev–Trinajstić information content (AvgIpc) is 1.54. The van der Waals surface area contributed by atoms with E-state index < -0.39 is 15.3 Å². The van der Waals surface area contributed by atoms with Gasteiger partial charge in [0.2, 0.25) is 0 Å². The Morgan fingerprint density at radius 2 is 0.421 bits per heavy atom. The van der Waals surface area contributed by atoms with Crippen LogP contribution in [0.3, 0.4) is 0 Å². The summed E-state index contributed by atoms with van der Waals surface area (Å²) in [6.45, 7) is 0. The van der Waals surface area contributed by atoms with E-state index in [1.54, 1.807) is 0 Å². The Balaban J connectivity index is -0.00000000675. The van der Waals surface area contributed by atoms with Gasteiger partial charge in [-0.3, -0.25) is 0 Å². The molecule has 126 valence electrons. The molecule has 0 radical (unpaired) electrons. The van der Waals surface area contributed by atoms with Crippen molar-refractivity contribution in [2.75, 3.05) is 0 Å². The van der Waals surface area contributed by atoms with Gasteiger partial charge in [-0.25, -0.2) is 0 Å². The molecule has 0 aromatic heterocycles. The molecule has 0 saturated carbocycles. The van der Waals surface area contributed by atoms with E-state index in [0.717, 1.165) is 0 Å². The minimum atomic E-state index is -1.75. The van der Waals surface area contributed by atoms with Gasteiger partial charge in [0.25, 0.3) is 0 Å². The molecule has 0 rings (SSSR count). The van der Waals surface area contributed by atoms with Gasteiger partial charge in [0.1, 0.15) is 0 Å². The summed E-state index contributed by atoms with van der Waals surface area (Å²) < 4.78 is 0. The van der Waals surface area contributed by atoms with Crippen molar-refractivity contribution in [3.63, 3.8) is 0 Å². The molecule has 0 aromatic rings. The molecule has 0 aliphatic rings. The first-order chi connectivity index (χ1) is 5.20. The Morgan fingerprint density at radius 3 is 0.421 bits per heavy atom. The maximum atomic E-state index is 8.25. The second-order valence-electron chi connectivity index (χ2n) is 0.671. The molecule has 0 atom stereocenters. The van der Waals surface area contributed by atoms with Gasteiger partial charge < -0.3 is 78.8 Å². The zero-order chi connectivity index (χ0) is 10.7. The van der Waals surface area contributed by atoms with Crippen LogP contribution in [0.4, 0.5) is 0 Å². The molecule has 0 bridgehead atoms. The van der Waals surface area contributed by atoms with E-state index in [1.807, 2.05) is 0 Å². The molecule has 19 heavy (non-hydrogen) atoms. The van der Waals surface area contributed by atoms with E-state index in [1.165, 1.54) is 0 Å². The van der Waals surface area contributed by atoms with Crippen LogP contribution < -0.4 is 0 Å². The largest absolute Gasteiger partial charge is 3.00 e. The summed E-state index contributed by atoms with van der Waals surface area (Å²) in [5, 5.41) is 44.2. The molecular weight excluding hydrogens is 474 g/mol. The van der Waals surface area contributed by atoms with Crippen LogP contribution in [0.25, 0.3) is 0 Å². The van der Waals surface area contributed by atoms with Gasteiger partial charge in [-0.1, -0.05) is 0 Å². The van der Waals surface area contributed by atoms with Crippen molar-refractivity contribution < 1.29 is 68.2 Å². The maximum absolute atomic E-state index is 8.25. The molecule has 18 nitrogen and oxygen atoms in total. The molecule has 0 unspecified atom stereocenters. The number of rotatable bonds is 0. The van der Waals surface area contributed by atoms with Gasteiger partial charge in [-0.2, -0.15) is 0 Å². The molecule has 0 aromatic carbocycles. The molecule has 0 heterocycles. The molecular formula is H12IrN3O15. The predicted octanol–water partition coefficient (Wildman–Crippen LogP) is -5.67. The monoisotopic (exact) mass is 487 g/mol. The van der Waals surface area contributed by atoms with Crippen LogP contribution in [0.15, 0.2) is 0 Å². The van der Waals surface area contributed by atoms with Gasteiger partial charge in [0, 0.05) is 0 Å². The standard InChI is InChI=1S/Ir.3NO3.6H2O/c;3*2-1(3)4;;;;;;/h;;;;6*1H2/q+3;3*-1;;;;;;. The van der Waals surface area contributed by atoms with Crippen LogP contribution in [-0.2, 0) is 20.1 Å². The number of nitrogens with zero attached hydrogens (tertiary/aromatic N) is 3. The van der Waals surface area contributed by atoms with Crippen LogP contribution in [0.2, 0.25) is 0 Å². The fraction of sp³-hybridized carbons (Fsp3) is 0. The van der Waals surface area contributed by atoms with Crippen molar-refractivity contribution in [1.29, 1.82) is 0 Å². The fourth-order valence-corrected chi connectivity index (χ4v) is 0. The summed E-state index contributed by atoms with van der Waals surface area (Å²) in [6, 6.07) is 0. The van der Waals surface area contributed by atoms with E-state index in [4.69, 9.17) is 46.0 Å². The summed E-state index contributed by atoms with van der Waals surface area (Å²) in [7, 11) is 0. The second kappa shape index (κ2) is 73.4. The third-order valence-corrected chi connectivity index (χ3v) is 0. The van der Waals surface area contributed by atoms with Crippen LogP contribution in [0.1, 0.15) is 0 Å². The Labute approximate surface area is 115 Å². The van der Waals surface area contributed by atoms with E-state index in [0.29, 0.717) is 0 Å². The van der Waals surface area contributed by atoms with Gasteiger partial charge >= 0.3 is 20.1 Å². The minimum absolute atomic E-state index is 0. The van der Waals surface area contributed by atoms with E-state index in [-0.39, 0.29) is 53.0 Å². The first-order valence-corrected chi connectivity index (χ1v) is 1.64. The summed E-state index contributed by atoms with van der Waals surface area (Å²) >= 11 is 0. The third kappa shape index (κ3) is 793. The number of hydrogen-bond acceptors (Lipinski definition) is 9. The average molecular weight is 486 g/mol. The summed E-state index contributed by atoms with van der Waals surface area (Å²) in [5.41, 5.74) is 0. The van der Waals surface area contributed by atoms with Crippen molar-refractivity contribution >= 4 is 0 Å². The fourth-order valence-electron chi connectivity index (χ4n) is 0. The quantitative estimate of drug-likeness (QED) is 0.232. The van der Waals surface area contributed by atoms with Gasteiger partial charge in [0.05, 0.1) is 15.3 Å². The number of hydrogen-bond donors (Lipinski definition) is 0. The van der Waals surface area contributed by atoms with Gasteiger partial charge in [-0.05, 0) is 0 Å². The molecule has 0 aliphatic carbocycles. The van der Waals surface area contributed by atoms with Crippen molar-refractivity contribution in [3.8, 4) is 0 Å². The molecule has 0 spiro atoms. The normalized spacial score (nSPS) is 3.79. The second-order valence-corrected chi connectivity index (χ2v) is 0.671. The first-order valence-electron chi connectivity index (χ1n) is 1.64. The zero-order valence-corrected chi connectivity index (χ0v) is 10.7. The molecule has 0 aliphatic heterocycles. The SMILES string of the molecule is O.O.O.O.O.O.O=[N+]([O-])[O-].O=[N+]([O-])[O-].O=[N+]([O-])[O-].[Ir+3]. The Bertz CT molecular complexity index is 115. The topological polar surface area (TPSA) is 388 Å². The predicted molar refractivity (Wildman–Crippen MR) is 52.8 cm³/mol. The zero-order valence-electron chi connectivity index (χ0n) is 8.35. The van der Waals surface area contributed by atoms with Crippen LogP contribution in [0.5, 0.6) is 0 Å². The van der Waals surface area contributed by atoms with E-state index in [2.05, 4.69) is 0 Å². The van der Waals surface area contributed by atoms with E-state index in [9.17, 15) is 0 Å². The van der Waals surface area contributed by atoms with Crippen LogP contribution >= 0.6 is 0 Å². The van der Waals surface area contributed by atoms with Crippen molar-refractivity contribution in [2.45, 2.75) is 0 Å². The molecule has 12 N–H and O–H groups in total. The van der Waals surface area contributed by atoms with Crippen molar-refractivity contribution in [1.82, 2.24) is 0 Å². The maximum Gasteiger partial charge on any atom is 3.00 e. The van der Waals surface area contributed by atoms with Crippen molar-refractivity contribution in [3.05, 3.63) is 46.0 Å². The molecule has 0 amide bonds. The Hall–Kier alpha value is -1.99. The van der Waals surface area contributed by atoms with Crippen LogP contribution in [0, 0.1) is 46.0 Å². The molecule has 19 heteroatoms.